The van der Waals surface area contributed by atoms with Crippen LogP contribution < -0.4 is 5.06 Å². The number of hydrogen-bond acceptors (Lipinski definition) is 5. The van der Waals surface area contributed by atoms with E-state index in [0.717, 1.165) is 5.69 Å². The van der Waals surface area contributed by atoms with E-state index in [4.69, 9.17) is 4.84 Å². The third-order valence-corrected chi connectivity index (χ3v) is 1.84. The van der Waals surface area contributed by atoms with Gasteiger partial charge in [-0.3, -0.25) is 4.84 Å². The lowest BCUT2D eigenvalue weighted by Crippen LogP contribution is -2.21. The van der Waals surface area contributed by atoms with Gasteiger partial charge in [0.15, 0.2) is 5.82 Å². The molecule has 0 bridgehead atoms. The van der Waals surface area contributed by atoms with Crippen LogP contribution >= 0.6 is 0 Å². The maximum absolute atomic E-state index is 9.20. The normalized spacial score (nSPS) is 22.3. The number of aryl methyl sites for hydroxylation is 1. The molecule has 1 fully saturated rings. The fourth-order valence-electron chi connectivity index (χ4n) is 1.16. The van der Waals surface area contributed by atoms with Gasteiger partial charge in [-0.1, -0.05) is 0 Å². The van der Waals surface area contributed by atoms with Crippen LogP contribution in [-0.2, 0) is 4.84 Å². The molecule has 1 aromatic rings. The monoisotopic (exact) mass is 181 g/mol. The molecule has 1 saturated heterocycles. The molecule has 5 nitrogen and oxygen atoms in total. The summed E-state index contributed by atoms with van der Waals surface area (Å²) in [5, 5.41) is 18.6. The topological polar surface area (TPSA) is 58.5 Å². The van der Waals surface area contributed by atoms with Gasteiger partial charge in [0.2, 0.25) is 0 Å². The van der Waals surface area contributed by atoms with Crippen LogP contribution in [0.15, 0.2) is 12.1 Å². The van der Waals surface area contributed by atoms with Crippen LogP contribution in [0.4, 0.5) is 5.82 Å². The van der Waals surface area contributed by atoms with E-state index in [1.165, 1.54) is 0 Å². The Morgan fingerprint density at radius 2 is 2.38 bits per heavy atom. The number of rotatable bonds is 1. The number of anilines is 1. The Bertz CT molecular complexity index is 288. The van der Waals surface area contributed by atoms with Gasteiger partial charge in [-0.25, -0.2) is 5.06 Å². The van der Waals surface area contributed by atoms with Crippen LogP contribution in [0.2, 0.25) is 0 Å². The molecule has 1 aliphatic heterocycles. The zero-order chi connectivity index (χ0) is 9.26. The fourth-order valence-corrected chi connectivity index (χ4v) is 1.16. The Balaban J connectivity index is 2.13. The Morgan fingerprint density at radius 1 is 1.54 bits per heavy atom. The molecule has 1 N–H and O–H groups in total. The number of β-amino-alcohol motifs (C(OH)–C–C–N with tert-alkyl or cyclic N) is 1. The first-order valence-electron chi connectivity index (χ1n) is 4.14. The molecule has 0 radical (unpaired) electrons. The summed E-state index contributed by atoms with van der Waals surface area (Å²) in [6.45, 7) is 2.66. The minimum atomic E-state index is -0.428. The third kappa shape index (κ3) is 1.76. The van der Waals surface area contributed by atoms with Crippen molar-refractivity contribution in [3.8, 4) is 0 Å². The second-order valence-corrected chi connectivity index (χ2v) is 3.04. The van der Waals surface area contributed by atoms with Crippen molar-refractivity contribution in [1.29, 1.82) is 0 Å². The van der Waals surface area contributed by atoms with Gasteiger partial charge in [0, 0.05) is 0 Å². The zero-order valence-electron chi connectivity index (χ0n) is 7.34. The number of hydrogen-bond donors (Lipinski definition) is 1. The van der Waals surface area contributed by atoms with Gasteiger partial charge in [0.25, 0.3) is 0 Å². The van der Waals surface area contributed by atoms with Crippen molar-refractivity contribution >= 4 is 5.82 Å². The number of aliphatic hydroxyl groups excluding tert-OH is 1. The van der Waals surface area contributed by atoms with Crippen molar-refractivity contribution in [1.82, 2.24) is 10.2 Å². The van der Waals surface area contributed by atoms with Gasteiger partial charge in [-0.15, -0.1) is 5.10 Å². The van der Waals surface area contributed by atoms with Gasteiger partial charge in [0.05, 0.1) is 18.3 Å². The first kappa shape index (κ1) is 8.40. The van der Waals surface area contributed by atoms with Gasteiger partial charge in [-0.2, -0.15) is 5.10 Å². The molecule has 70 valence electrons. The zero-order valence-corrected chi connectivity index (χ0v) is 7.34. The molecule has 1 atom stereocenters. The molecule has 0 aromatic carbocycles. The van der Waals surface area contributed by atoms with Crippen LogP contribution in [0, 0.1) is 6.92 Å². The molecule has 13 heavy (non-hydrogen) atoms. The van der Waals surface area contributed by atoms with Crippen LogP contribution in [0.3, 0.4) is 0 Å². The molecule has 0 amide bonds. The van der Waals surface area contributed by atoms with Gasteiger partial charge in [0.1, 0.15) is 6.61 Å². The summed E-state index contributed by atoms with van der Waals surface area (Å²) >= 11 is 0. The lowest BCUT2D eigenvalue weighted by atomic mass is 10.4. The summed E-state index contributed by atoms with van der Waals surface area (Å²) in [7, 11) is 0. The van der Waals surface area contributed by atoms with E-state index in [9.17, 15) is 5.11 Å². The molecule has 0 saturated carbocycles. The second kappa shape index (κ2) is 3.27. The number of hydroxylamine groups is 1. The average molecular weight is 181 g/mol. The maximum Gasteiger partial charge on any atom is 0.175 e. The molecule has 1 aliphatic rings. The van der Waals surface area contributed by atoms with Crippen LogP contribution in [-0.4, -0.2) is 34.6 Å². The van der Waals surface area contributed by atoms with E-state index in [0.29, 0.717) is 19.0 Å². The highest BCUT2D eigenvalue weighted by atomic mass is 16.7. The third-order valence-electron chi connectivity index (χ3n) is 1.84. The van der Waals surface area contributed by atoms with Crippen molar-refractivity contribution in [2.75, 3.05) is 18.2 Å². The molecule has 2 heterocycles. The predicted molar refractivity (Wildman–Crippen MR) is 46.1 cm³/mol. The number of aliphatic hydroxyl groups is 1. The van der Waals surface area contributed by atoms with Crippen LogP contribution in [0.5, 0.6) is 0 Å². The highest BCUT2D eigenvalue weighted by Crippen LogP contribution is 2.15. The summed E-state index contributed by atoms with van der Waals surface area (Å²) in [5.41, 5.74) is 0.864. The van der Waals surface area contributed by atoms with Crippen molar-refractivity contribution in [2.45, 2.75) is 13.0 Å². The van der Waals surface area contributed by atoms with Crippen molar-refractivity contribution in [3.05, 3.63) is 17.8 Å². The van der Waals surface area contributed by atoms with Crippen LogP contribution in [0.1, 0.15) is 5.69 Å². The highest BCUT2D eigenvalue weighted by Gasteiger charge is 2.22. The van der Waals surface area contributed by atoms with E-state index in [1.54, 1.807) is 5.06 Å². The number of nitrogens with zero attached hydrogens (tertiary/aromatic N) is 3. The molecule has 2 rings (SSSR count). The predicted octanol–water partition coefficient (Wildman–Crippen LogP) is -0.102. The van der Waals surface area contributed by atoms with E-state index in [1.807, 2.05) is 19.1 Å². The Kier molecular flexibility index (Phi) is 2.12. The first-order chi connectivity index (χ1) is 6.25. The second-order valence-electron chi connectivity index (χ2n) is 3.04. The maximum atomic E-state index is 9.20. The summed E-state index contributed by atoms with van der Waals surface area (Å²) in [5.74, 6) is 0.641. The Hall–Kier alpha value is -1.20. The summed E-state index contributed by atoms with van der Waals surface area (Å²) in [6, 6.07) is 3.68. The highest BCUT2D eigenvalue weighted by molar-refractivity contribution is 5.34. The Labute approximate surface area is 75.9 Å². The molecule has 5 heteroatoms. The largest absolute Gasteiger partial charge is 0.389 e. The van der Waals surface area contributed by atoms with E-state index >= 15 is 0 Å². The van der Waals surface area contributed by atoms with Crippen LogP contribution in [0.25, 0.3) is 0 Å². The van der Waals surface area contributed by atoms with Gasteiger partial charge < -0.3 is 5.11 Å². The molecule has 1 unspecified atom stereocenters. The van der Waals surface area contributed by atoms with Crippen molar-refractivity contribution < 1.29 is 9.94 Å². The smallest absolute Gasteiger partial charge is 0.175 e. The molecular weight excluding hydrogens is 170 g/mol. The van der Waals surface area contributed by atoms with Gasteiger partial charge in [-0.05, 0) is 19.1 Å². The van der Waals surface area contributed by atoms with Crippen molar-refractivity contribution in [2.24, 2.45) is 0 Å². The summed E-state index contributed by atoms with van der Waals surface area (Å²) in [4.78, 5) is 5.17. The lowest BCUT2D eigenvalue weighted by molar-refractivity contribution is 0.115. The summed E-state index contributed by atoms with van der Waals surface area (Å²) in [6.07, 6.45) is -0.428. The molecular formula is C8H11N3O2. The molecule has 1 aromatic heterocycles. The molecule has 0 aliphatic carbocycles. The lowest BCUT2D eigenvalue weighted by Gasteiger charge is -2.13. The standard InChI is InChI=1S/C8H11N3O2/c1-6-2-3-8(10-9-6)11-4-7(12)5-13-11/h2-3,7,12H,4-5H2,1H3. The van der Waals surface area contributed by atoms with Gasteiger partial charge >= 0.3 is 0 Å². The van der Waals surface area contributed by atoms with E-state index in [-0.39, 0.29) is 0 Å². The first-order valence-corrected chi connectivity index (χ1v) is 4.14. The van der Waals surface area contributed by atoms with Crippen molar-refractivity contribution in [3.63, 3.8) is 0 Å². The minimum absolute atomic E-state index is 0.329. The Morgan fingerprint density at radius 3 is 2.92 bits per heavy atom. The fraction of sp³-hybridized carbons (Fsp3) is 0.500. The van der Waals surface area contributed by atoms with E-state index < -0.39 is 6.10 Å². The minimum Gasteiger partial charge on any atom is -0.389 e. The molecule has 0 spiro atoms. The number of aromatic nitrogens is 2. The average Bonchev–Trinajstić information content (AvgIpc) is 2.53. The quantitative estimate of drug-likeness (QED) is 0.655. The van der Waals surface area contributed by atoms with E-state index in [2.05, 4.69) is 10.2 Å². The SMILES string of the molecule is Cc1ccc(N2CC(O)CO2)nn1. The summed E-state index contributed by atoms with van der Waals surface area (Å²) < 4.78 is 0.